The second kappa shape index (κ2) is 3.98. The first-order chi connectivity index (χ1) is 8.90. The van der Waals surface area contributed by atoms with Gasteiger partial charge in [0, 0.05) is 23.3 Å². The van der Waals surface area contributed by atoms with Gasteiger partial charge >= 0.3 is 0 Å². The van der Waals surface area contributed by atoms with E-state index in [2.05, 4.69) is 40.6 Å². The summed E-state index contributed by atoms with van der Waals surface area (Å²) in [5, 5.41) is 5.03. The van der Waals surface area contributed by atoms with Gasteiger partial charge in [-0.05, 0) is 43.2 Å². The van der Waals surface area contributed by atoms with Crippen LogP contribution in [0.5, 0.6) is 0 Å². The Morgan fingerprint density at radius 1 is 1.06 bits per heavy atom. The predicted molar refractivity (Wildman–Crippen MR) is 74.6 cm³/mol. The van der Waals surface area contributed by atoms with Crippen molar-refractivity contribution in [1.82, 2.24) is 4.98 Å². The third kappa shape index (κ3) is 1.59. The van der Waals surface area contributed by atoms with Crippen LogP contribution in [0.4, 0.5) is 5.69 Å². The molecule has 1 aromatic carbocycles. The molecule has 18 heavy (non-hydrogen) atoms. The fraction of sp³-hybridized carbons (Fsp3) is 0.438. The van der Waals surface area contributed by atoms with Gasteiger partial charge in [-0.25, -0.2) is 0 Å². The summed E-state index contributed by atoms with van der Waals surface area (Å²) in [6, 6.07) is 11.2. The van der Waals surface area contributed by atoms with Gasteiger partial charge in [-0.3, -0.25) is 4.98 Å². The van der Waals surface area contributed by atoms with Crippen molar-refractivity contribution in [1.29, 1.82) is 0 Å². The van der Waals surface area contributed by atoms with Crippen LogP contribution in [-0.4, -0.2) is 11.0 Å². The molecule has 2 bridgehead atoms. The predicted octanol–water partition coefficient (Wildman–Crippen LogP) is 3.84. The van der Waals surface area contributed by atoms with Gasteiger partial charge in [0.05, 0.1) is 5.52 Å². The van der Waals surface area contributed by atoms with Crippen molar-refractivity contribution in [2.75, 3.05) is 5.32 Å². The van der Waals surface area contributed by atoms with E-state index in [9.17, 15) is 0 Å². The average Bonchev–Trinajstić information content (AvgIpc) is 3.01. The molecule has 2 aromatic rings. The number of nitrogens with one attached hydrogen (secondary N) is 1. The summed E-state index contributed by atoms with van der Waals surface area (Å²) in [6.07, 6.45) is 7.60. The highest BCUT2D eigenvalue weighted by molar-refractivity contribution is 5.90. The Balaban J connectivity index is 1.67. The van der Waals surface area contributed by atoms with E-state index in [4.69, 9.17) is 0 Å². The fourth-order valence-corrected chi connectivity index (χ4v) is 3.84. The number of rotatable bonds is 2. The van der Waals surface area contributed by atoms with Crippen LogP contribution in [0, 0.1) is 11.8 Å². The van der Waals surface area contributed by atoms with Crippen molar-refractivity contribution in [3.63, 3.8) is 0 Å². The van der Waals surface area contributed by atoms with Crippen molar-refractivity contribution in [2.24, 2.45) is 11.8 Å². The highest BCUT2D eigenvalue weighted by Gasteiger charge is 2.39. The molecule has 2 nitrogen and oxygen atoms in total. The van der Waals surface area contributed by atoms with Gasteiger partial charge < -0.3 is 5.32 Å². The topological polar surface area (TPSA) is 24.9 Å². The van der Waals surface area contributed by atoms with Crippen LogP contribution in [0.1, 0.15) is 25.7 Å². The first-order valence-electron chi connectivity index (χ1n) is 7.00. The highest BCUT2D eigenvalue weighted by atomic mass is 14.9. The van der Waals surface area contributed by atoms with E-state index >= 15 is 0 Å². The molecular formula is C16H18N2. The van der Waals surface area contributed by atoms with Crippen LogP contribution in [0.2, 0.25) is 0 Å². The molecule has 2 fully saturated rings. The van der Waals surface area contributed by atoms with E-state index in [1.165, 1.54) is 36.8 Å². The molecule has 1 N–H and O–H groups in total. The number of aromatic nitrogens is 1. The van der Waals surface area contributed by atoms with Gasteiger partial charge in [0.2, 0.25) is 0 Å². The monoisotopic (exact) mass is 238 g/mol. The van der Waals surface area contributed by atoms with Crippen LogP contribution in [0.3, 0.4) is 0 Å². The lowest BCUT2D eigenvalue weighted by atomic mass is 9.95. The molecular weight excluding hydrogens is 220 g/mol. The maximum atomic E-state index is 4.42. The number of pyridine rings is 1. The second-order valence-corrected chi connectivity index (χ2v) is 5.80. The summed E-state index contributed by atoms with van der Waals surface area (Å²) in [5.74, 6) is 1.89. The molecule has 4 rings (SSSR count). The minimum absolute atomic E-state index is 0.689. The quantitative estimate of drug-likeness (QED) is 0.860. The van der Waals surface area contributed by atoms with Crippen molar-refractivity contribution < 1.29 is 0 Å². The Bertz CT molecular complexity index is 573. The van der Waals surface area contributed by atoms with Crippen LogP contribution < -0.4 is 5.32 Å². The van der Waals surface area contributed by atoms with Gasteiger partial charge in [0.1, 0.15) is 0 Å². The molecule has 0 radical (unpaired) electrons. The molecule has 2 saturated carbocycles. The van der Waals surface area contributed by atoms with Gasteiger partial charge in [0.15, 0.2) is 0 Å². The standard InChI is InChI=1S/C16H18N2/c1-2-4-14-13(3-1)15(7-8-17-14)18-16-10-11-5-6-12(16)9-11/h1-4,7-8,11-12,16H,5-6,9-10H2,(H,17,18). The van der Waals surface area contributed by atoms with Crippen molar-refractivity contribution >= 4 is 16.6 Å². The summed E-state index contributed by atoms with van der Waals surface area (Å²) < 4.78 is 0. The molecule has 3 unspecified atom stereocenters. The van der Waals surface area contributed by atoms with Crippen molar-refractivity contribution in [3.8, 4) is 0 Å². The molecule has 0 amide bonds. The summed E-state index contributed by atoms with van der Waals surface area (Å²) >= 11 is 0. The lowest BCUT2D eigenvalue weighted by molar-refractivity contribution is 0.440. The Morgan fingerprint density at radius 3 is 2.83 bits per heavy atom. The molecule has 3 atom stereocenters. The maximum absolute atomic E-state index is 4.42. The van der Waals surface area contributed by atoms with Crippen molar-refractivity contribution in [2.45, 2.75) is 31.7 Å². The molecule has 1 aromatic heterocycles. The molecule has 0 saturated heterocycles. The zero-order valence-corrected chi connectivity index (χ0v) is 10.5. The number of benzene rings is 1. The lowest BCUT2D eigenvalue weighted by Crippen LogP contribution is -2.25. The van der Waals surface area contributed by atoms with Crippen LogP contribution in [0.15, 0.2) is 36.5 Å². The van der Waals surface area contributed by atoms with Gasteiger partial charge in [-0.15, -0.1) is 0 Å². The van der Waals surface area contributed by atoms with E-state index in [0.717, 1.165) is 17.4 Å². The van der Waals surface area contributed by atoms with Gasteiger partial charge in [0.25, 0.3) is 0 Å². The Labute approximate surface area is 107 Å². The van der Waals surface area contributed by atoms with Crippen molar-refractivity contribution in [3.05, 3.63) is 36.5 Å². The average molecular weight is 238 g/mol. The number of fused-ring (bicyclic) bond motifs is 3. The fourth-order valence-electron chi connectivity index (χ4n) is 3.84. The number of para-hydroxylation sites is 1. The van der Waals surface area contributed by atoms with E-state index in [1.54, 1.807) is 0 Å². The summed E-state index contributed by atoms with van der Waals surface area (Å²) in [6.45, 7) is 0. The normalized spacial score (nSPS) is 29.9. The van der Waals surface area contributed by atoms with Gasteiger partial charge in [-0.2, -0.15) is 0 Å². The largest absolute Gasteiger partial charge is 0.381 e. The Kier molecular flexibility index (Phi) is 2.29. The maximum Gasteiger partial charge on any atom is 0.0722 e. The number of anilines is 1. The summed E-state index contributed by atoms with van der Waals surface area (Å²) in [4.78, 5) is 4.42. The minimum atomic E-state index is 0.689. The molecule has 0 spiro atoms. The lowest BCUT2D eigenvalue weighted by Gasteiger charge is -2.24. The third-order valence-corrected chi connectivity index (χ3v) is 4.73. The number of hydrogen-bond acceptors (Lipinski definition) is 2. The van der Waals surface area contributed by atoms with E-state index in [-0.39, 0.29) is 0 Å². The SMILES string of the molecule is c1ccc2c(NC3CC4CCC3C4)ccnc2c1. The number of nitrogens with zero attached hydrogens (tertiary/aromatic N) is 1. The zero-order valence-electron chi connectivity index (χ0n) is 10.5. The number of hydrogen-bond donors (Lipinski definition) is 1. The zero-order chi connectivity index (χ0) is 11.9. The molecule has 2 heteroatoms. The second-order valence-electron chi connectivity index (χ2n) is 5.80. The highest BCUT2D eigenvalue weighted by Crippen LogP contribution is 2.45. The molecule has 92 valence electrons. The van der Waals surface area contributed by atoms with Crippen LogP contribution in [0.25, 0.3) is 10.9 Å². The molecule has 2 aliphatic rings. The first-order valence-corrected chi connectivity index (χ1v) is 7.00. The van der Waals surface area contributed by atoms with Crippen LogP contribution >= 0.6 is 0 Å². The summed E-state index contributed by atoms with van der Waals surface area (Å²) in [5.41, 5.74) is 2.35. The Hall–Kier alpha value is -1.57. The van der Waals surface area contributed by atoms with E-state index in [0.29, 0.717) is 6.04 Å². The summed E-state index contributed by atoms with van der Waals surface area (Å²) in [7, 11) is 0. The first kappa shape index (κ1) is 10.4. The Morgan fingerprint density at radius 2 is 2.00 bits per heavy atom. The molecule has 1 heterocycles. The van der Waals surface area contributed by atoms with E-state index in [1.807, 2.05) is 6.20 Å². The van der Waals surface area contributed by atoms with E-state index < -0.39 is 0 Å². The molecule has 2 aliphatic carbocycles. The smallest absolute Gasteiger partial charge is 0.0722 e. The van der Waals surface area contributed by atoms with Gasteiger partial charge in [-0.1, -0.05) is 24.6 Å². The third-order valence-electron chi connectivity index (χ3n) is 4.73. The molecule has 0 aliphatic heterocycles. The minimum Gasteiger partial charge on any atom is -0.381 e. The van der Waals surface area contributed by atoms with Crippen LogP contribution in [-0.2, 0) is 0 Å².